The Hall–Kier alpha value is -2.34. The molecular weight excluding hydrogens is 468 g/mol. The Morgan fingerprint density at radius 3 is 2.44 bits per heavy atom. The number of ether oxygens (including phenoxy) is 1. The predicted molar refractivity (Wildman–Crippen MR) is 133 cm³/mol. The average Bonchev–Trinajstić information content (AvgIpc) is 2.78. The number of halogens is 1. The molecule has 0 aromatic heterocycles. The summed E-state index contributed by atoms with van der Waals surface area (Å²) in [4.78, 5) is 27.4. The number of benzene rings is 2. The van der Waals surface area contributed by atoms with Gasteiger partial charge in [0.15, 0.2) is 6.61 Å². The van der Waals surface area contributed by atoms with E-state index >= 15 is 0 Å². The first-order chi connectivity index (χ1) is 15.3. The molecule has 6 heteroatoms. The van der Waals surface area contributed by atoms with Gasteiger partial charge >= 0.3 is 0 Å². The zero-order valence-corrected chi connectivity index (χ0v) is 21.2. The molecule has 32 heavy (non-hydrogen) atoms. The zero-order valence-electron chi connectivity index (χ0n) is 19.6. The van der Waals surface area contributed by atoms with E-state index in [0.29, 0.717) is 31.2 Å². The lowest BCUT2D eigenvalue weighted by atomic mass is 10.0. The van der Waals surface area contributed by atoms with Crippen LogP contribution in [-0.4, -0.2) is 42.5 Å². The van der Waals surface area contributed by atoms with Crippen LogP contribution in [0.1, 0.15) is 57.6 Å². The van der Waals surface area contributed by atoms with Crippen LogP contribution < -0.4 is 10.1 Å². The van der Waals surface area contributed by atoms with Crippen molar-refractivity contribution in [2.75, 3.05) is 19.7 Å². The van der Waals surface area contributed by atoms with Gasteiger partial charge in [0.25, 0.3) is 5.91 Å². The summed E-state index contributed by atoms with van der Waals surface area (Å²) in [5.74, 6) is 0.676. The first kappa shape index (κ1) is 25.9. The first-order valence-corrected chi connectivity index (χ1v) is 12.2. The summed E-state index contributed by atoms with van der Waals surface area (Å²) in [5, 5.41) is 2.94. The second kappa shape index (κ2) is 13.3. The normalized spacial score (nSPS) is 11.8. The number of amides is 2. The third kappa shape index (κ3) is 7.97. The van der Waals surface area contributed by atoms with E-state index in [1.54, 1.807) is 11.8 Å². The minimum absolute atomic E-state index is 0.124. The molecule has 0 heterocycles. The number of rotatable bonds is 12. The van der Waals surface area contributed by atoms with E-state index < -0.39 is 6.04 Å². The van der Waals surface area contributed by atoms with E-state index in [4.69, 9.17) is 4.74 Å². The van der Waals surface area contributed by atoms with Crippen LogP contribution in [0.3, 0.4) is 0 Å². The van der Waals surface area contributed by atoms with Crippen LogP contribution in [0.15, 0.2) is 53.0 Å². The highest BCUT2D eigenvalue weighted by molar-refractivity contribution is 9.10. The van der Waals surface area contributed by atoms with Gasteiger partial charge in [0, 0.05) is 13.1 Å². The molecule has 0 bridgehead atoms. The Kier molecular flexibility index (Phi) is 10.7. The van der Waals surface area contributed by atoms with E-state index in [0.717, 1.165) is 22.9 Å². The number of nitrogens with one attached hydrogen (secondary N) is 1. The van der Waals surface area contributed by atoms with Gasteiger partial charge < -0.3 is 15.0 Å². The quantitative estimate of drug-likeness (QED) is 0.399. The zero-order chi connectivity index (χ0) is 23.5. The molecular formula is C26H35BrN2O3. The third-order valence-corrected chi connectivity index (χ3v) is 6.07. The second-order valence-electron chi connectivity index (χ2n) is 8.28. The summed E-state index contributed by atoms with van der Waals surface area (Å²) in [6.45, 7) is 9.05. The Bertz CT molecular complexity index is 871. The Labute approximate surface area is 200 Å². The van der Waals surface area contributed by atoms with Crippen LogP contribution in [0.25, 0.3) is 0 Å². The van der Waals surface area contributed by atoms with Gasteiger partial charge in [0.1, 0.15) is 11.8 Å². The highest BCUT2D eigenvalue weighted by Crippen LogP contribution is 2.29. The van der Waals surface area contributed by atoms with Crippen LogP contribution >= 0.6 is 15.9 Å². The molecule has 174 valence electrons. The molecule has 0 saturated carbocycles. The predicted octanol–water partition coefficient (Wildman–Crippen LogP) is 5.33. The van der Waals surface area contributed by atoms with Crippen molar-refractivity contribution in [1.82, 2.24) is 10.2 Å². The van der Waals surface area contributed by atoms with Gasteiger partial charge in [-0.15, -0.1) is 0 Å². The van der Waals surface area contributed by atoms with Crippen LogP contribution in [0.4, 0.5) is 0 Å². The molecule has 0 aliphatic heterocycles. The topological polar surface area (TPSA) is 58.6 Å². The minimum Gasteiger partial charge on any atom is -0.483 e. The van der Waals surface area contributed by atoms with E-state index in [1.807, 2.05) is 48.5 Å². The fourth-order valence-corrected chi connectivity index (χ4v) is 3.83. The van der Waals surface area contributed by atoms with Crippen LogP contribution in [0.2, 0.25) is 0 Å². The number of carbonyl (C=O) groups excluding carboxylic acids is 2. The van der Waals surface area contributed by atoms with Crippen LogP contribution in [0, 0.1) is 0 Å². The van der Waals surface area contributed by atoms with Gasteiger partial charge in [-0.1, -0.05) is 63.6 Å². The van der Waals surface area contributed by atoms with Gasteiger partial charge in [-0.05, 0) is 64.9 Å². The molecule has 0 spiro atoms. The number of nitrogens with zero attached hydrogens (tertiary/aromatic N) is 1. The Morgan fingerprint density at radius 2 is 1.81 bits per heavy atom. The highest BCUT2D eigenvalue weighted by atomic mass is 79.9. The van der Waals surface area contributed by atoms with Crippen molar-refractivity contribution in [2.24, 2.45) is 0 Å². The fourth-order valence-electron chi connectivity index (χ4n) is 3.32. The van der Waals surface area contributed by atoms with Gasteiger partial charge in [0.2, 0.25) is 5.91 Å². The van der Waals surface area contributed by atoms with E-state index in [1.165, 1.54) is 5.56 Å². The molecule has 2 aromatic carbocycles. The summed E-state index contributed by atoms with van der Waals surface area (Å²) in [5.41, 5.74) is 2.31. The molecule has 2 aromatic rings. The second-order valence-corrected chi connectivity index (χ2v) is 9.13. The van der Waals surface area contributed by atoms with Crippen molar-refractivity contribution in [3.8, 4) is 5.75 Å². The molecule has 0 radical (unpaired) electrons. The monoisotopic (exact) mass is 502 g/mol. The van der Waals surface area contributed by atoms with Crippen molar-refractivity contribution in [3.63, 3.8) is 0 Å². The molecule has 2 rings (SSSR count). The SMILES string of the molecule is CCCCNC(=O)C(C)N(CCc1ccccc1)C(=O)COc1ccc(C(C)C)cc1Br. The average molecular weight is 503 g/mol. The summed E-state index contributed by atoms with van der Waals surface area (Å²) in [6, 6.07) is 15.3. The molecule has 0 aliphatic carbocycles. The molecule has 2 amide bonds. The van der Waals surface area contributed by atoms with E-state index in [9.17, 15) is 9.59 Å². The van der Waals surface area contributed by atoms with E-state index in [-0.39, 0.29) is 18.4 Å². The lowest BCUT2D eigenvalue weighted by Gasteiger charge is -2.28. The lowest BCUT2D eigenvalue weighted by molar-refractivity contribution is -0.141. The van der Waals surface area contributed by atoms with E-state index in [2.05, 4.69) is 42.0 Å². The molecule has 0 saturated heterocycles. The van der Waals surface area contributed by atoms with Crippen molar-refractivity contribution >= 4 is 27.7 Å². The van der Waals surface area contributed by atoms with Gasteiger partial charge in [-0.25, -0.2) is 0 Å². The number of carbonyl (C=O) groups is 2. The molecule has 1 atom stereocenters. The summed E-state index contributed by atoms with van der Waals surface area (Å²) < 4.78 is 6.64. The third-order valence-electron chi connectivity index (χ3n) is 5.45. The van der Waals surface area contributed by atoms with Crippen molar-refractivity contribution in [2.45, 2.75) is 58.9 Å². The summed E-state index contributed by atoms with van der Waals surface area (Å²) >= 11 is 3.54. The maximum absolute atomic E-state index is 13.1. The molecule has 5 nitrogen and oxygen atoms in total. The molecule has 1 unspecified atom stereocenters. The largest absolute Gasteiger partial charge is 0.483 e. The van der Waals surface area contributed by atoms with Gasteiger partial charge in [-0.3, -0.25) is 9.59 Å². The molecule has 1 N–H and O–H groups in total. The van der Waals surface area contributed by atoms with Crippen LogP contribution in [0.5, 0.6) is 5.75 Å². The lowest BCUT2D eigenvalue weighted by Crippen LogP contribution is -2.50. The summed E-state index contributed by atoms with van der Waals surface area (Å²) in [7, 11) is 0. The van der Waals surface area contributed by atoms with Crippen molar-refractivity contribution in [1.29, 1.82) is 0 Å². The Balaban J connectivity index is 2.07. The van der Waals surface area contributed by atoms with Gasteiger partial charge in [-0.2, -0.15) is 0 Å². The molecule has 0 aliphatic rings. The maximum atomic E-state index is 13.1. The van der Waals surface area contributed by atoms with Crippen molar-refractivity contribution in [3.05, 3.63) is 64.1 Å². The highest BCUT2D eigenvalue weighted by Gasteiger charge is 2.26. The minimum atomic E-state index is -0.571. The summed E-state index contributed by atoms with van der Waals surface area (Å²) in [6.07, 6.45) is 2.59. The first-order valence-electron chi connectivity index (χ1n) is 11.4. The molecule has 0 fully saturated rings. The smallest absolute Gasteiger partial charge is 0.261 e. The fraction of sp³-hybridized carbons (Fsp3) is 0.462. The standard InChI is InChI=1S/C26H35BrN2O3/c1-5-6-15-28-26(31)20(4)29(16-14-21-10-8-7-9-11-21)25(30)18-32-24-13-12-22(19(2)3)17-23(24)27/h7-13,17,19-20H,5-6,14-16,18H2,1-4H3,(H,28,31). The van der Waals surface area contributed by atoms with Crippen LogP contribution in [-0.2, 0) is 16.0 Å². The van der Waals surface area contributed by atoms with Gasteiger partial charge in [0.05, 0.1) is 4.47 Å². The number of hydrogen-bond acceptors (Lipinski definition) is 3. The Morgan fingerprint density at radius 1 is 1.09 bits per heavy atom. The maximum Gasteiger partial charge on any atom is 0.261 e. The number of unbranched alkanes of at least 4 members (excludes halogenated alkanes) is 1. The van der Waals surface area contributed by atoms with Crippen molar-refractivity contribution < 1.29 is 14.3 Å². The number of hydrogen-bond donors (Lipinski definition) is 1.